The number of nitrogens with two attached hydrogens (primary N) is 1. The zero-order valence-corrected chi connectivity index (χ0v) is 8.18. The minimum atomic E-state index is -4.20. The molecule has 0 saturated carbocycles. The lowest BCUT2D eigenvalue weighted by Crippen LogP contribution is -2.31. The number of unbranched alkanes of at least 4 members (excludes halogenated alkanes) is 1. The van der Waals surface area contributed by atoms with Crippen molar-refractivity contribution < 1.29 is 23.1 Å². The maximum absolute atomic E-state index is 11.6. The van der Waals surface area contributed by atoms with Gasteiger partial charge in [0, 0.05) is 0 Å². The van der Waals surface area contributed by atoms with Crippen LogP contribution in [0.4, 0.5) is 13.2 Å². The van der Waals surface area contributed by atoms with E-state index in [1.165, 1.54) is 0 Å². The van der Waals surface area contributed by atoms with Crippen LogP contribution in [0.25, 0.3) is 0 Å². The predicted octanol–water partition coefficient (Wildman–Crippen LogP) is 0.720. The summed E-state index contributed by atoms with van der Waals surface area (Å²) in [5.74, 6) is -1.08. The molecule has 0 aromatic heterocycles. The Balaban J connectivity index is 3.29. The summed E-state index contributed by atoms with van der Waals surface area (Å²) in [6, 6.07) is -0.924. The van der Waals surface area contributed by atoms with Gasteiger partial charge in [-0.25, -0.2) is 0 Å². The lowest BCUT2D eigenvalue weighted by Gasteiger charge is -2.08. The van der Waals surface area contributed by atoms with Gasteiger partial charge < -0.3 is 16.2 Å². The molecule has 0 aromatic carbocycles. The van der Waals surface area contributed by atoms with E-state index < -0.39 is 24.7 Å². The number of nitrogens with one attached hydrogen (secondary N) is 1. The van der Waals surface area contributed by atoms with Gasteiger partial charge in [0.1, 0.15) is 6.04 Å². The summed E-state index contributed by atoms with van der Waals surface area (Å²) < 4.78 is 34.9. The summed E-state index contributed by atoms with van der Waals surface area (Å²) in [6.45, 7) is -0.802. The van der Waals surface area contributed by atoms with Crippen molar-refractivity contribution in [3.05, 3.63) is 0 Å². The third kappa shape index (κ3) is 9.48. The van der Waals surface area contributed by atoms with Crippen LogP contribution in [-0.4, -0.2) is 36.4 Å². The van der Waals surface area contributed by atoms with Crippen molar-refractivity contribution in [3.8, 4) is 0 Å². The van der Waals surface area contributed by atoms with Crippen LogP contribution in [0.5, 0.6) is 0 Å². The van der Waals surface area contributed by atoms with Gasteiger partial charge in [0.15, 0.2) is 0 Å². The van der Waals surface area contributed by atoms with Crippen LogP contribution in [0.3, 0.4) is 0 Å². The molecular weight excluding hydrogens is 213 g/mol. The Kier molecular flexibility index (Phi) is 6.26. The highest BCUT2D eigenvalue weighted by Crippen LogP contribution is 2.12. The largest absolute Gasteiger partial charge is 0.480 e. The third-order valence-corrected chi connectivity index (χ3v) is 1.76. The van der Waals surface area contributed by atoms with Gasteiger partial charge in [-0.05, 0) is 19.4 Å². The van der Waals surface area contributed by atoms with E-state index in [1.807, 2.05) is 0 Å². The Labute approximate surface area is 85.6 Å². The smallest absolute Gasteiger partial charge is 0.401 e. The zero-order chi connectivity index (χ0) is 11.9. The summed E-state index contributed by atoms with van der Waals surface area (Å²) >= 11 is 0. The van der Waals surface area contributed by atoms with Crippen molar-refractivity contribution in [2.45, 2.75) is 31.5 Å². The highest BCUT2D eigenvalue weighted by molar-refractivity contribution is 5.72. The summed E-state index contributed by atoms with van der Waals surface area (Å²) in [4.78, 5) is 10.3. The Morgan fingerprint density at radius 1 is 1.40 bits per heavy atom. The van der Waals surface area contributed by atoms with Crippen molar-refractivity contribution in [1.82, 2.24) is 5.32 Å². The van der Waals surface area contributed by atoms with Crippen molar-refractivity contribution >= 4 is 5.97 Å². The Hall–Kier alpha value is -0.820. The van der Waals surface area contributed by atoms with Crippen molar-refractivity contribution in [3.63, 3.8) is 0 Å². The molecule has 90 valence electrons. The van der Waals surface area contributed by atoms with Gasteiger partial charge in [0.25, 0.3) is 0 Å². The lowest BCUT2D eigenvalue weighted by molar-refractivity contribution is -0.138. The van der Waals surface area contributed by atoms with E-state index >= 15 is 0 Å². The fourth-order valence-corrected chi connectivity index (χ4v) is 0.968. The molecule has 0 rings (SSSR count). The van der Waals surface area contributed by atoms with Crippen LogP contribution in [-0.2, 0) is 4.79 Å². The number of alkyl halides is 3. The molecule has 0 aliphatic heterocycles. The van der Waals surface area contributed by atoms with Crippen molar-refractivity contribution in [2.24, 2.45) is 5.73 Å². The first-order valence-corrected chi connectivity index (χ1v) is 4.59. The molecule has 1 atom stereocenters. The van der Waals surface area contributed by atoms with Crippen LogP contribution in [0.15, 0.2) is 0 Å². The number of halogens is 3. The molecule has 0 radical (unpaired) electrons. The monoisotopic (exact) mass is 228 g/mol. The van der Waals surface area contributed by atoms with Gasteiger partial charge in [-0.1, -0.05) is 6.42 Å². The van der Waals surface area contributed by atoms with Crippen LogP contribution in [0, 0.1) is 0 Å². The van der Waals surface area contributed by atoms with Gasteiger partial charge in [-0.15, -0.1) is 0 Å². The van der Waals surface area contributed by atoms with Gasteiger partial charge in [-0.3, -0.25) is 4.79 Å². The number of hydrogen-bond donors (Lipinski definition) is 3. The summed E-state index contributed by atoms with van der Waals surface area (Å²) in [7, 11) is 0. The Morgan fingerprint density at radius 3 is 2.47 bits per heavy atom. The number of rotatable bonds is 7. The highest BCUT2D eigenvalue weighted by atomic mass is 19.4. The standard InChI is InChI=1S/C8H15F3N2O2/c9-8(10,11)5-13-4-2-1-3-6(12)7(14)15/h6,13H,1-5,12H2,(H,14,15)/t6-/m0/s1. The minimum absolute atomic E-state index is 0.214. The maximum atomic E-state index is 11.6. The van der Waals surface area contributed by atoms with E-state index in [2.05, 4.69) is 5.32 Å². The van der Waals surface area contributed by atoms with E-state index in [1.54, 1.807) is 0 Å². The first-order valence-electron chi connectivity index (χ1n) is 4.59. The van der Waals surface area contributed by atoms with Gasteiger partial charge in [-0.2, -0.15) is 13.2 Å². The van der Waals surface area contributed by atoms with Crippen LogP contribution >= 0.6 is 0 Å². The molecule has 0 bridgehead atoms. The Morgan fingerprint density at radius 2 is 2.00 bits per heavy atom. The molecule has 4 N–H and O–H groups in total. The fraction of sp³-hybridized carbons (Fsp3) is 0.875. The van der Waals surface area contributed by atoms with Gasteiger partial charge in [0.2, 0.25) is 0 Å². The quantitative estimate of drug-likeness (QED) is 0.561. The third-order valence-electron chi connectivity index (χ3n) is 1.76. The second-order valence-electron chi connectivity index (χ2n) is 3.23. The number of carbonyl (C=O) groups is 1. The number of aliphatic carboxylic acids is 1. The van der Waals surface area contributed by atoms with Gasteiger partial charge >= 0.3 is 12.1 Å². The molecule has 0 saturated heterocycles. The molecule has 0 aliphatic carbocycles. The van der Waals surface area contributed by atoms with E-state index in [0.717, 1.165) is 0 Å². The second-order valence-corrected chi connectivity index (χ2v) is 3.23. The van der Waals surface area contributed by atoms with E-state index in [0.29, 0.717) is 12.8 Å². The molecule has 0 unspecified atom stereocenters. The average Bonchev–Trinajstić information content (AvgIpc) is 2.08. The SMILES string of the molecule is N[C@@H](CCCCNCC(F)(F)F)C(=O)O. The molecule has 0 aliphatic rings. The van der Waals surface area contributed by atoms with E-state index in [4.69, 9.17) is 10.8 Å². The lowest BCUT2D eigenvalue weighted by atomic mass is 10.1. The summed E-state index contributed by atoms with van der Waals surface area (Å²) in [5, 5.41) is 10.6. The molecular formula is C8H15F3N2O2. The van der Waals surface area contributed by atoms with Crippen molar-refractivity contribution in [2.75, 3.05) is 13.1 Å². The van der Waals surface area contributed by atoms with Crippen LogP contribution < -0.4 is 11.1 Å². The molecule has 0 spiro atoms. The van der Waals surface area contributed by atoms with Crippen LogP contribution in [0.2, 0.25) is 0 Å². The van der Waals surface area contributed by atoms with E-state index in [-0.39, 0.29) is 13.0 Å². The van der Waals surface area contributed by atoms with Gasteiger partial charge in [0.05, 0.1) is 6.54 Å². The topological polar surface area (TPSA) is 75.3 Å². The normalized spacial score (nSPS) is 13.9. The molecule has 0 fully saturated rings. The molecule has 0 aromatic rings. The van der Waals surface area contributed by atoms with E-state index in [9.17, 15) is 18.0 Å². The number of hydrogen-bond acceptors (Lipinski definition) is 3. The molecule has 7 heteroatoms. The molecule has 0 heterocycles. The average molecular weight is 228 g/mol. The molecule has 4 nitrogen and oxygen atoms in total. The Bertz CT molecular complexity index is 197. The minimum Gasteiger partial charge on any atom is -0.480 e. The highest BCUT2D eigenvalue weighted by Gasteiger charge is 2.25. The first kappa shape index (κ1) is 14.2. The molecule has 15 heavy (non-hydrogen) atoms. The van der Waals surface area contributed by atoms with Crippen LogP contribution in [0.1, 0.15) is 19.3 Å². The number of carboxylic acid groups (broad SMARTS) is 1. The summed E-state index contributed by atoms with van der Waals surface area (Å²) in [5.41, 5.74) is 5.20. The fourth-order valence-electron chi connectivity index (χ4n) is 0.968. The zero-order valence-electron chi connectivity index (χ0n) is 8.18. The maximum Gasteiger partial charge on any atom is 0.401 e. The van der Waals surface area contributed by atoms with Crippen molar-refractivity contribution in [1.29, 1.82) is 0 Å². The second kappa shape index (κ2) is 6.62. The molecule has 0 amide bonds. The predicted molar refractivity (Wildman–Crippen MR) is 48.4 cm³/mol. The summed E-state index contributed by atoms with van der Waals surface area (Å²) in [6.07, 6.45) is -2.93. The first-order chi connectivity index (χ1) is 6.83. The number of carboxylic acids is 1.